The predicted octanol–water partition coefficient (Wildman–Crippen LogP) is 5.52. The lowest BCUT2D eigenvalue weighted by Crippen LogP contribution is -2.33. The Kier molecular flexibility index (Phi) is 7.49. The van der Waals surface area contributed by atoms with E-state index < -0.39 is 0 Å². The highest BCUT2D eigenvalue weighted by molar-refractivity contribution is 6.08. The topological polar surface area (TPSA) is 76.3 Å². The van der Waals surface area contributed by atoms with Gasteiger partial charge in [-0.25, -0.2) is 4.90 Å². The molecule has 0 atom stereocenters. The molecule has 2 aromatic carbocycles. The third kappa shape index (κ3) is 4.82. The van der Waals surface area contributed by atoms with Crippen molar-refractivity contribution in [2.75, 3.05) is 25.6 Å². The summed E-state index contributed by atoms with van der Waals surface area (Å²) in [5.41, 5.74) is 8.01. The van der Waals surface area contributed by atoms with Crippen LogP contribution in [-0.4, -0.2) is 32.9 Å². The minimum absolute atomic E-state index is 0.307. The first-order valence-electron chi connectivity index (χ1n) is 10.4. The molecule has 6 heteroatoms. The van der Waals surface area contributed by atoms with Gasteiger partial charge in [-0.2, -0.15) is 0 Å². The van der Waals surface area contributed by atoms with Crippen molar-refractivity contribution in [2.24, 2.45) is 15.7 Å². The van der Waals surface area contributed by atoms with Gasteiger partial charge in [0.25, 0.3) is 0 Å². The second-order valence-corrected chi connectivity index (χ2v) is 7.07. The van der Waals surface area contributed by atoms with Crippen LogP contribution in [0.4, 0.5) is 11.6 Å². The Labute approximate surface area is 178 Å². The van der Waals surface area contributed by atoms with E-state index in [1.807, 2.05) is 48.7 Å². The summed E-state index contributed by atoms with van der Waals surface area (Å²) in [5.74, 6) is 1.57. The molecule has 1 aromatic heterocycles. The second-order valence-electron chi connectivity index (χ2n) is 7.07. The normalized spacial score (nSPS) is 12.0. The van der Waals surface area contributed by atoms with Crippen LogP contribution in [0.3, 0.4) is 0 Å². The molecule has 0 radical (unpaired) electrons. The van der Waals surface area contributed by atoms with E-state index in [-0.39, 0.29) is 0 Å². The molecule has 0 aliphatic carbocycles. The van der Waals surface area contributed by atoms with Crippen molar-refractivity contribution in [3.63, 3.8) is 0 Å². The fraction of sp³-hybridized carbons (Fsp3) is 0.333. The van der Waals surface area contributed by atoms with Crippen LogP contribution in [0.25, 0.3) is 10.8 Å². The number of unbranched alkanes of at least 4 members (excludes halogenated alkanes) is 3. The lowest BCUT2D eigenvalue weighted by atomic mass is 10.1. The summed E-state index contributed by atoms with van der Waals surface area (Å²) < 4.78 is 11.5. The Hall–Kier alpha value is -3.28. The molecule has 0 saturated heterocycles. The molecule has 30 heavy (non-hydrogen) atoms. The Balaban J connectivity index is 1.97. The van der Waals surface area contributed by atoms with Crippen LogP contribution >= 0.6 is 0 Å². The molecular weight excluding hydrogens is 376 g/mol. The zero-order valence-electron chi connectivity index (χ0n) is 18.0. The van der Waals surface area contributed by atoms with Gasteiger partial charge in [-0.15, -0.1) is 0 Å². The van der Waals surface area contributed by atoms with Crippen molar-refractivity contribution < 1.29 is 9.15 Å². The Morgan fingerprint density at radius 2 is 2.00 bits per heavy atom. The lowest BCUT2D eigenvalue weighted by Gasteiger charge is -2.23. The van der Waals surface area contributed by atoms with E-state index in [0.717, 1.165) is 35.0 Å². The van der Waals surface area contributed by atoms with Crippen LogP contribution in [0, 0.1) is 0 Å². The minimum Gasteiger partial charge on any atom is -0.495 e. The number of guanidine groups is 1. The van der Waals surface area contributed by atoms with Gasteiger partial charge in [0.15, 0.2) is 0 Å². The summed E-state index contributed by atoms with van der Waals surface area (Å²) >= 11 is 0. The molecule has 0 aliphatic heterocycles. The van der Waals surface area contributed by atoms with Crippen LogP contribution in [0.15, 0.2) is 63.1 Å². The molecule has 0 bridgehead atoms. The van der Waals surface area contributed by atoms with Crippen molar-refractivity contribution in [3.05, 3.63) is 54.3 Å². The van der Waals surface area contributed by atoms with Crippen LogP contribution in [-0.2, 0) is 0 Å². The molecule has 6 nitrogen and oxygen atoms in total. The number of benzene rings is 2. The first-order valence-corrected chi connectivity index (χ1v) is 10.4. The van der Waals surface area contributed by atoms with Crippen molar-refractivity contribution in [1.82, 2.24) is 0 Å². The first-order chi connectivity index (χ1) is 14.7. The zero-order valence-corrected chi connectivity index (χ0v) is 18.0. The number of hydrogen-bond acceptors (Lipinski definition) is 4. The highest BCUT2D eigenvalue weighted by Crippen LogP contribution is 2.38. The van der Waals surface area contributed by atoms with Crippen molar-refractivity contribution in [3.8, 4) is 5.75 Å². The van der Waals surface area contributed by atoms with Gasteiger partial charge in [0.05, 0.1) is 12.8 Å². The van der Waals surface area contributed by atoms with Crippen molar-refractivity contribution >= 4 is 34.5 Å². The average Bonchev–Trinajstić information content (AvgIpc) is 3.20. The Morgan fingerprint density at radius 3 is 2.77 bits per heavy atom. The van der Waals surface area contributed by atoms with Gasteiger partial charge in [-0.1, -0.05) is 44.4 Å². The number of aliphatic imine (C=N–C) groups is 2. The molecule has 0 unspecified atom stereocenters. The van der Waals surface area contributed by atoms with Gasteiger partial charge < -0.3 is 14.9 Å². The molecule has 0 aliphatic rings. The van der Waals surface area contributed by atoms with Crippen LogP contribution in [0.2, 0.25) is 0 Å². The summed E-state index contributed by atoms with van der Waals surface area (Å²) in [5, 5.41) is 1.94. The Bertz CT molecular complexity index is 1020. The lowest BCUT2D eigenvalue weighted by molar-refractivity contribution is 0.415. The van der Waals surface area contributed by atoms with E-state index >= 15 is 0 Å². The molecule has 0 amide bonds. The number of hydrogen-bond donors (Lipinski definition) is 1. The highest BCUT2D eigenvalue weighted by atomic mass is 16.5. The molecular formula is C24H30N4O2. The summed E-state index contributed by atoms with van der Waals surface area (Å²) in [6.45, 7) is 3.04. The fourth-order valence-electron chi connectivity index (χ4n) is 3.35. The van der Waals surface area contributed by atoms with Gasteiger partial charge in [0.1, 0.15) is 12.0 Å². The molecule has 3 aromatic rings. The summed E-state index contributed by atoms with van der Waals surface area (Å²) in [7, 11) is 3.29. The minimum atomic E-state index is 0.307. The number of fused-ring (bicyclic) bond motifs is 1. The van der Waals surface area contributed by atoms with Gasteiger partial charge in [-0.3, -0.25) is 9.98 Å². The van der Waals surface area contributed by atoms with Crippen molar-refractivity contribution in [2.45, 2.75) is 32.6 Å². The maximum absolute atomic E-state index is 6.30. The van der Waals surface area contributed by atoms with Crippen LogP contribution in [0.5, 0.6) is 5.75 Å². The van der Waals surface area contributed by atoms with Crippen LogP contribution in [0.1, 0.15) is 38.2 Å². The number of nitrogens with two attached hydrogens (primary N) is 1. The number of rotatable bonds is 9. The van der Waals surface area contributed by atoms with E-state index in [9.17, 15) is 0 Å². The zero-order chi connectivity index (χ0) is 21.3. The molecule has 0 fully saturated rings. The largest absolute Gasteiger partial charge is 0.495 e. The predicted molar refractivity (Wildman–Crippen MR) is 125 cm³/mol. The first kappa shape index (κ1) is 21.4. The number of anilines is 2. The Morgan fingerprint density at radius 1 is 1.17 bits per heavy atom. The number of ether oxygens (including phenoxy) is 1. The summed E-state index contributed by atoms with van der Waals surface area (Å²) in [6, 6.07) is 13.8. The quantitative estimate of drug-likeness (QED) is 0.288. The van der Waals surface area contributed by atoms with E-state index in [1.54, 1.807) is 25.3 Å². The fourth-order valence-corrected chi connectivity index (χ4v) is 3.35. The van der Waals surface area contributed by atoms with E-state index in [0.29, 0.717) is 17.6 Å². The standard InChI is InChI=1S/C24H30N4O2/c1-4-5-6-9-14-27-16-18-12-13-22(29-3)21(15-18)28(24(25)26-2)23-20-11-8-7-10-19(20)17-30-23/h7-8,10-13,15-17H,4-6,9,14H2,1-3H3,(H2,25,26). The number of methoxy groups -OCH3 is 1. The third-order valence-electron chi connectivity index (χ3n) is 4.97. The number of nitrogens with zero attached hydrogens (tertiary/aromatic N) is 3. The van der Waals surface area contributed by atoms with E-state index in [1.165, 1.54) is 19.3 Å². The third-order valence-corrected chi connectivity index (χ3v) is 4.97. The van der Waals surface area contributed by atoms with Gasteiger partial charge in [0.2, 0.25) is 11.8 Å². The second kappa shape index (κ2) is 10.5. The van der Waals surface area contributed by atoms with Gasteiger partial charge in [-0.05, 0) is 36.2 Å². The smallest absolute Gasteiger partial charge is 0.214 e. The van der Waals surface area contributed by atoms with Gasteiger partial charge >= 0.3 is 0 Å². The van der Waals surface area contributed by atoms with Crippen LogP contribution < -0.4 is 15.4 Å². The SMILES string of the molecule is CCCCCCN=Cc1ccc(OC)c(N(C(N)=NC)c2occ3ccccc23)c1. The molecule has 1 heterocycles. The monoisotopic (exact) mass is 406 g/mol. The average molecular weight is 407 g/mol. The molecule has 0 spiro atoms. The maximum atomic E-state index is 6.30. The van der Waals surface area contributed by atoms with Gasteiger partial charge in [0, 0.05) is 30.6 Å². The van der Waals surface area contributed by atoms with E-state index in [4.69, 9.17) is 14.9 Å². The molecule has 0 saturated carbocycles. The molecule has 3 rings (SSSR count). The van der Waals surface area contributed by atoms with Crippen molar-refractivity contribution in [1.29, 1.82) is 0 Å². The summed E-state index contributed by atoms with van der Waals surface area (Å²) in [4.78, 5) is 10.6. The maximum Gasteiger partial charge on any atom is 0.214 e. The highest BCUT2D eigenvalue weighted by Gasteiger charge is 2.23. The van der Waals surface area contributed by atoms with E-state index in [2.05, 4.69) is 16.9 Å². The molecule has 158 valence electrons. The number of furan rings is 1. The molecule has 2 N–H and O–H groups in total. The summed E-state index contributed by atoms with van der Waals surface area (Å²) in [6.07, 6.45) is 8.41.